The second kappa shape index (κ2) is 17.5. The zero-order valence-electron chi connectivity index (χ0n) is 31.4. The van der Waals surface area contributed by atoms with Gasteiger partial charge in [-0.05, 0) is 75.3 Å². The van der Waals surface area contributed by atoms with Crippen molar-refractivity contribution in [2.45, 2.75) is 41.9 Å². The van der Waals surface area contributed by atoms with E-state index in [0.29, 0.717) is 43.4 Å². The van der Waals surface area contributed by atoms with Gasteiger partial charge in [0.1, 0.15) is 10.6 Å². The second-order valence-electron chi connectivity index (χ2n) is 14.1. The fourth-order valence-corrected chi connectivity index (χ4v) is 8.63. The Labute approximate surface area is 339 Å². The average Bonchev–Trinajstić information content (AvgIpc) is 3.22. The van der Waals surface area contributed by atoms with Crippen molar-refractivity contribution in [3.8, 4) is 5.75 Å². The predicted molar refractivity (Wildman–Crippen MR) is 227 cm³/mol. The molecule has 0 aliphatic heterocycles. The van der Waals surface area contributed by atoms with Crippen LogP contribution in [0.4, 0.5) is 11.4 Å². The van der Waals surface area contributed by atoms with E-state index in [0.717, 1.165) is 39.7 Å². The van der Waals surface area contributed by atoms with Gasteiger partial charge in [-0.15, -0.1) is 0 Å². The summed E-state index contributed by atoms with van der Waals surface area (Å²) >= 11 is 0. The molecule has 11 heteroatoms. The minimum Gasteiger partial charge on any atom is -0.506 e. The van der Waals surface area contributed by atoms with Crippen LogP contribution in [0.2, 0.25) is 0 Å². The van der Waals surface area contributed by atoms with E-state index in [1.165, 1.54) is 0 Å². The van der Waals surface area contributed by atoms with E-state index in [1.54, 1.807) is 0 Å². The molecule has 0 saturated heterocycles. The number of hydrogen-bond donors (Lipinski definition) is 3. The number of benzene rings is 7. The van der Waals surface area contributed by atoms with Gasteiger partial charge in [-0.25, -0.2) is 0 Å². The quantitative estimate of drug-likeness (QED) is 0.0684. The first-order chi connectivity index (χ1) is 27.9. The first-order valence-corrected chi connectivity index (χ1v) is 21.5. The average molecular weight is 811 g/mol. The van der Waals surface area contributed by atoms with Crippen LogP contribution < -0.4 is 9.80 Å². The number of rotatable bonds is 15. The van der Waals surface area contributed by atoms with E-state index >= 15 is 0 Å². The van der Waals surface area contributed by atoms with E-state index < -0.39 is 41.7 Å². The van der Waals surface area contributed by atoms with Crippen LogP contribution in [0.3, 0.4) is 0 Å². The predicted octanol–water partition coefficient (Wildman–Crippen LogP) is 9.48. The Morgan fingerprint density at radius 2 is 0.724 bits per heavy atom. The number of phenols is 1. The van der Waals surface area contributed by atoms with Crippen molar-refractivity contribution in [2.75, 3.05) is 9.80 Å². The SMILES string of the molecule is O=S(=O)(O)c1cc(S(=O)(=O)O)c(C(c2ccc(N(Cc3ccccc3)Cc3ccccc3)cc2)c2ccc(N(Cc3ccccc3)Cc3ccccc3)cc2)cc1O. The van der Waals surface area contributed by atoms with E-state index in [9.17, 15) is 31.0 Å². The third-order valence-corrected chi connectivity index (χ3v) is 11.8. The summed E-state index contributed by atoms with van der Waals surface area (Å²) in [5.41, 5.74) is 7.36. The standard InChI is InChI=1S/C47H42N2O7S2/c50-44-29-43(45(57(51,52)53)30-46(44)58(54,55)56)47(39-21-25-41(26-22-39)48(31-35-13-5-1-6-14-35)32-36-15-7-2-8-16-36)40-23-27-42(28-24-40)49(33-37-17-9-3-10-18-37)34-38-19-11-4-12-20-38/h1-30,47,50H,31-34H2,(H,51,52,53)(H,54,55,56). The molecule has 0 saturated carbocycles. The van der Waals surface area contributed by atoms with Crippen molar-refractivity contribution in [3.05, 3.63) is 221 Å². The Morgan fingerprint density at radius 1 is 0.414 bits per heavy atom. The lowest BCUT2D eigenvalue weighted by Crippen LogP contribution is -2.22. The molecule has 3 N–H and O–H groups in total. The lowest BCUT2D eigenvalue weighted by molar-refractivity contribution is 0.440. The Balaban J connectivity index is 1.33. The van der Waals surface area contributed by atoms with Crippen LogP contribution in [0.15, 0.2) is 192 Å². The second-order valence-corrected chi connectivity index (χ2v) is 16.9. The van der Waals surface area contributed by atoms with Gasteiger partial charge in [0.15, 0.2) is 0 Å². The van der Waals surface area contributed by atoms with Crippen molar-refractivity contribution in [3.63, 3.8) is 0 Å². The van der Waals surface area contributed by atoms with Gasteiger partial charge < -0.3 is 14.9 Å². The highest BCUT2D eigenvalue weighted by molar-refractivity contribution is 7.86. The molecule has 0 aliphatic carbocycles. The number of hydrogen-bond acceptors (Lipinski definition) is 7. The van der Waals surface area contributed by atoms with Gasteiger partial charge in [0, 0.05) is 43.5 Å². The van der Waals surface area contributed by atoms with Gasteiger partial charge >= 0.3 is 0 Å². The molecule has 0 radical (unpaired) electrons. The number of phenolic OH excluding ortho intramolecular Hbond substituents is 1. The molecule has 9 nitrogen and oxygen atoms in total. The molecule has 0 spiro atoms. The van der Waals surface area contributed by atoms with Crippen LogP contribution in [0.1, 0.15) is 44.9 Å². The number of anilines is 2. The molecule has 58 heavy (non-hydrogen) atoms. The van der Waals surface area contributed by atoms with Crippen LogP contribution in [0.5, 0.6) is 5.75 Å². The van der Waals surface area contributed by atoms with Crippen molar-refractivity contribution in [2.24, 2.45) is 0 Å². The molecule has 0 heterocycles. The summed E-state index contributed by atoms with van der Waals surface area (Å²) in [7, 11) is -10.1. The molecule has 7 aromatic carbocycles. The summed E-state index contributed by atoms with van der Waals surface area (Å²) < 4.78 is 70.7. The molecule has 0 unspecified atom stereocenters. The Hall–Kier alpha value is -6.24. The summed E-state index contributed by atoms with van der Waals surface area (Å²) in [4.78, 5) is 2.65. The highest BCUT2D eigenvalue weighted by atomic mass is 32.2. The van der Waals surface area contributed by atoms with Crippen LogP contribution in [-0.2, 0) is 46.4 Å². The molecule has 7 rings (SSSR count). The van der Waals surface area contributed by atoms with Gasteiger partial charge in [-0.3, -0.25) is 9.11 Å². The zero-order chi connectivity index (χ0) is 40.7. The normalized spacial score (nSPS) is 11.7. The monoisotopic (exact) mass is 810 g/mol. The highest BCUT2D eigenvalue weighted by Crippen LogP contribution is 2.41. The number of nitrogens with zero attached hydrogens (tertiary/aromatic N) is 2. The summed E-state index contributed by atoms with van der Waals surface area (Å²) in [6, 6.07) is 57.1. The third kappa shape index (κ3) is 9.82. The highest BCUT2D eigenvalue weighted by Gasteiger charge is 2.30. The molecule has 294 valence electrons. The molecule has 0 atom stereocenters. The molecular formula is C47H42N2O7S2. The molecule has 0 amide bonds. The summed E-state index contributed by atoms with van der Waals surface area (Å²) in [5.74, 6) is -1.79. The first kappa shape index (κ1) is 40.0. The van der Waals surface area contributed by atoms with Gasteiger partial charge in [0.05, 0.1) is 4.90 Å². The van der Waals surface area contributed by atoms with Crippen molar-refractivity contribution in [1.82, 2.24) is 0 Å². The van der Waals surface area contributed by atoms with Gasteiger partial charge in [-0.1, -0.05) is 146 Å². The summed E-state index contributed by atoms with van der Waals surface area (Å²) in [6.07, 6.45) is 0. The molecule has 0 aliphatic rings. The van der Waals surface area contributed by atoms with E-state index in [2.05, 4.69) is 58.3 Å². The maximum Gasteiger partial charge on any atom is 0.298 e. The largest absolute Gasteiger partial charge is 0.506 e. The maximum atomic E-state index is 13.0. The maximum absolute atomic E-state index is 13.0. The topological polar surface area (TPSA) is 135 Å². The summed E-state index contributed by atoms with van der Waals surface area (Å²) in [5, 5.41) is 10.9. The van der Waals surface area contributed by atoms with Gasteiger partial charge in [-0.2, -0.15) is 16.8 Å². The van der Waals surface area contributed by atoms with Crippen molar-refractivity contribution >= 4 is 31.6 Å². The first-order valence-electron chi connectivity index (χ1n) is 18.6. The van der Waals surface area contributed by atoms with E-state index in [-0.39, 0.29) is 5.56 Å². The van der Waals surface area contributed by atoms with Crippen LogP contribution in [0, 0.1) is 0 Å². The number of aromatic hydroxyl groups is 1. The smallest absolute Gasteiger partial charge is 0.298 e. The molecule has 0 aromatic heterocycles. The van der Waals surface area contributed by atoms with Gasteiger partial charge in [0.2, 0.25) is 0 Å². The third-order valence-electron chi connectivity index (χ3n) is 10.0. The van der Waals surface area contributed by atoms with Crippen LogP contribution in [-0.4, -0.2) is 31.0 Å². The van der Waals surface area contributed by atoms with E-state index in [1.807, 2.05) is 121 Å². The lowest BCUT2D eigenvalue weighted by Gasteiger charge is -2.28. The summed E-state index contributed by atoms with van der Waals surface area (Å²) in [6.45, 7) is 2.45. The lowest BCUT2D eigenvalue weighted by atomic mass is 9.84. The Morgan fingerprint density at radius 3 is 1.02 bits per heavy atom. The van der Waals surface area contributed by atoms with Gasteiger partial charge in [0.25, 0.3) is 20.2 Å². The fraction of sp³-hybridized carbons (Fsp3) is 0.106. The Kier molecular flexibility index (Phi) is 12.1. The molecular weight excluding hydrogens is 769 g/mol. The van der Waals surface area contributed by atoms with Crippen molar-refractivity contribution < 1.29 is 31.0 Å². The fourth-order valence-electron chi connectivity index (χ4n) is 7.22. The Bertz CT molecular complexity index is 2450. The molecule has 0 fully saturated rings. The van der Waals surface area contributed by atoms with Crippen molar-refractivity contribution in [1.29, 1.82) is 0 Å². The minimum atomic E-state index is -5.08. The van der Waals surface area contributed by atoms with Crippen LogP contribution >= 0.6 is 0 Å². The zero-order valence-corrected chi connectivity index (χ0v) is 33.0. The molecule has 7 aromatic rings. The van der Waals surface area contributed by atoms with E-state index in [4.69, 9.17) is 0 Å². The minimum absolute atomic E-state index is 0.0799. The molecule has 0 bridgehead atoms. The van der Waals surface area contributed by atoms with Crippen LogP contribution in [0.25, 0.3) is 0 Å².